The molecule has 0 aromatic rings. The molecular weight excluding hydrogens is 218 g/mol. The fourth-order valence-electron chi connectivity index (χ4n) is 3.16. The number of nitrogens with one attached hydrogen (secondary N) is 1. The number of hydrogen-bond acceptors (Lipinski definition) is 1. The van der Waals surface area contributed by atoms with Gasteiger partial charge in [-0.3, -0.25) is 0 Å². The van der Waals surface area contributed by atoms with Crippen molar-refractivity contribution in [2.45, 2.75) is 109 Å². The molecule has 0 aromatic carbocycles. The molecule has 0 saturated heterocycles. The van der Waals surface area contributed by atoms with E-state index in [9.17, 15) is 0 Å². The molecule has 0 bridgehead atoms. The summed E-state index contributed by atoms with van der Waals surface area (Å²) in [4.78, 5) is 0. The molecule has 1 rings (SSSR count). The normalized spacial score (nSPS) is 20.3. The molecule has 1 aliphatic carbocycles. The molecule has 0 aliphatic heterocycles. The highest BCUT2D eigenvalue weighted by Gasteiger charge is 2.13. The predicted octanol–water partition coefficient (Wildman–Crippen LogP) is 5.44. The summed E-state index contributed by atoms with van der Waals surface area (Å²) >= 11 is 0. The number of rotatable bonds is 8. The van der Waals surface area contributed by atoms with E-state index < -0.39 is 0 Å². The van der Waals surface area contributed by atoms with E-state index in [1.165, 1.54) is 83.5 Å². The lowest BCUT2D eigenvalue weighted by Gasteiger charge is -2.25. The molecule has 108 valence electrons. The first kappa shape index (κ1) is 16.0. The molecule has 0 spiro atoms. The van der Waals surface area contributed by atoms with Gasteiger partial charge in [0.25, 0.3) is 0 Å². The molecule has 1 fully saturated rings. The van der Waals surface area contributed by atoms with Crippen molar-refractivity contribution in [1.82, 2.24) is 5.32 Å². The van der Waals surface area contributed by atoms with E-state index in [1.54, 1.807) is 0 Å². The fraction of sp³-hybridized carbons (Fsp3) is 1.00. The van der Waals surface area contributed by atoms with Crippen LogP contribution in [-0.4, -0.2) is 12.1 Å². The minimum absolute atomic E-state index is 0.732. The quantitative estimate of drug-likeness (QED) is 0.568. The van der Waals surface area contributed by atoms with Gasteiger partial charge in [-0.05, 0) is 26.2 Å². The Kier molecular flexibility index (Phi) is 9.65. The molecular formula is C17H35N. The maximum Gasteiger partial charge on any atom is 0.00695 e. The SMILES string of the molecule is CCCCCCCC(C)NC1CCCCCCC1. The van der Waals surface area contributed by atoms with Crippen LogP contribution in [0.5, 0.6) is 0 Å². The Labute approximate surface area is 115 Å². The van der Waals surface area contributed by atoms with Crippen LogP contribution < -0.4 is 5.32 Å². The summed E-state index contributed by atoms with van der Waals surface area (Å²) in [7, 11) is 0. The van der Waals surface area contributed by atoms with Crippen LogP contribution in [0.2, 0.25) is 0 Å². The third-order valence-electron chi connectivity index (χ3n) is 4.37. The average molecular weight is 253 g/mol. The van der Waals surface area contributed by atoms with Gasteiger partial charge in [0, 0.05) is 12.1 Å². The van der Waals surface area contributed by atoms with E-state index in [1.807, 2.05) is 0 Å². The second-order valence-electron chi connectivity index (χ2n) is 6.31. The van der Waals surface area contributed by atoms with E-state index in [2.05, 4.69) is 19.2 Å². The standard InChI is InChI=1S/C17H35N/c1-3-4-5-7-10-13-16(2)18-17-14-11-8-6-9-12-15-17/h16-18H,3-15H2,1-2H3. The molecule has 1 atom stereocenters. The van der Waals surface area contributed by atoms with Gasteiger partial charge in [-0.25, -0.2) is 0 Å². The van der Waals surface area contributed by atoms with Gasteiger partial charge in [0.15, 0.2) is 0 Å². The van der Waals surface area contributed by atoms with Crippen molar-refractivity contribution in [3.05, 3.63) is 0 Å². The fourth-order valence-corrected chi connectivity index (χ4v) is 3.16. The third-order valence-corrected chi connectivity index (χ3v) is 4.37. The van der Waals surface area contributed by atoms with Crippen LogP contribution in [0, 0.1) is 0 Å². The Morgan fingerprint density at radius 1 is 0.889 bits per heavy atom. The van der Waals surface area contributed by atoms with Gasteiger partial charge in [-0.1, -0.05) is 71.1 Å². The first-order valence-corrected chi connectivity index (χ1v) is 8.59. The first-order valence-electron chi connectivity index (χ1n) is 8.59. The molecule has 1 unspecified atom stereocenters. The van der Waals surface area contributed by atoms with Gasteiger partial charge in [-0.15, -0.1) is 0 Å². The third kappa shape index (κ3) is 8.13. The number of hydrogen-bond donors (Lipinski definition) is 1. The molecule has 0 radical (unpaired) electrons. The Hall–Kier alpha value is -0.0400. The van der Waals surface area contributed by atoms with Gasteiger partial charge < -0.3 is 5.32 Å². The van der Waals surface area contributed by atoms with Crippen LogP contribution in [0.1, 0.15) is 97.3 Å². The van der Waals surface area contributed by atoms with Crippen molar-refractivity contribution in [3.8, 4) is 0 Å². The van der Waals surface area contributed by atoms with E-state index >= 15 is 0 Å². The van der Waals surface area contributed by atoms with Crippen LogP contribution in [0.4, 0.5) is 0 Å². The molecule has 18 heavy (non-hydrogen) atoms. The highest BCUT2D eigenvalue weighted by atomic mass is 14.9. The van der Waals surface area contributed by atoms with Crippen molar-refractivity contribution in [2.24, 2.45) is 0 Å². The second-order valence-corrected chi connectivity index (χ2v) is 6.31. The molecule has 1 N–H and O–H groups in total. The number of unbranched alkanes of at least 4 members (excludes halogenated alkanes) is 4. The molecule has 1 saturated carbocycles. The van der Waals surface area contributed by atoms with Crippen molar-refractivity contribution >= 4 is 0 Å². The van der Waals surface area contributed by atoms with Crippen LogP contribution in [0.3, 0.4) is 0 Å². The van der Waals surface area contributed by atoms with Crippen molar-refractivity contribution < 1.29 is 0 Å². The van der Waals surface area contributed by atoms with Crippen LogP contribution in [0.25, 0.3) is 0 Å². The van der Waals surface area contributed by atoms with E-state index in [0.717, 1.165) is 12.1 Å². The molecule has 0 amide bonds. The largest absolute Gasteiger partial charge is 0.312 e. The summed E-state index contributed by atoms with van der Waals surface area (Å²) in [6.07, 6.45) is 18.6. The van der Waals surface area contributed by atoms with Crippen molar-refractivity contribution in [3.63, 3.8) is 0 Å². The van der Waals surface area contributed by atoms with Gasteiger partial charge in [0.05, 0.1) is 0 Å². The zero-order valence-corrected chi connectivity index (χ0v) is 12.8. The maximum absolute atomic E-state index is 3.88. The summed E-state index contributed by atoms with van der Waals surface area (Å²) in [5.74, 6) is 0. The predicted molar refractivity (Wildman–Crippen MR) is 82.1 cm³/mol. The average Bonchev–Trinajstić information content (AvgIpc) is 2.32. The summed E-state index contributed by atoms with van der Waals surface area (Å²) in [6, 6.07) is 1.55. The highest BCUT2D eigenvalue weighted by Crippen LogP contribution is 2.18. The Morgan fingerprint density at radius 3 is 2.17 bits per heavy atom. The summed E-state index contributed by atoms with van der Waals surface area (Å²) < 4.78 is 0. The lowest BCUT2D eigenvalue weighted by atomic mass is 9.95. The summed E-state index contributed by atoms with van der Waals surface area (Å²) in [6.45, 7) is 4.68. The van der Waals surface area contributed by atoms with Gasteiger partial charge >= 0.3 is 0 Å². The Bertz CT molecular complexity index is 170. The lowest BCUT2D eigenvalue weighted by molar-refractivity contribution is 0.346. The maximum atomic E-state index is 3.88. The van der Waals surface area contributed by atoms with Crippen molar-refractivity contribution in [2.75, 3.05) is 0 Å². The summed E-state index contributed by atoms with van der Waals surface area (Å²) in [5.41, 5.74) is 0. The van der Waals surface area contributed by atoms with Crippen LogP contribution in [0.15, 0.2) is 0 Å². The zero-order chi connectivity index (χ0) is 13.1. The van der Waals surface area contributed by atoms with Crippen molar-refractivity contribution in [1.29, 1.82) is 0 Å². The first-order chi connectivity index (χ1) is 8.83. The molecule has 1 aliphatic rings. The van der Waals surface area contributed by atoms with Crippen LogP contribution in [-0.2, 0) is 0 Å². The highest BCUT2D eigenvalue weighted by molar-refractivity contribution is 4.73. The van der Waals surface area contributed by atoms with E-state index in [-0.39, 0.29) is 0 Å². The summed E-state index contributed by atoms with van der Waals surface area (Å²) in [5, 5.41) is 3.88. The minimum Gasteiger partial charge on any atom is -0.312 e. The minimum atomic E-state index is 0.732. The van der Waals surface area contributed by atoms with E-state index in [0.29, 0.717) is 0 Å². The monoisotopic (exact) mass is 253 g/mol. The zero-order valence-electron chi connectivity index (χ0n) is 12.8. The van der Waals surface area contributed by atoms with Gasteiger partial charge in [0.2, 0.25) is 0 Å². The van der Waals surface area contributed by atoms with Gasteiger partial charge in [0.1, 0.15) is 0 Å². The molecule has 0 heterocycles. The molecule has 0 aromatic heterocycles. The second kappa shape index (κ2) is 10.8. The Morgan fingerprint density at radius 2 is 1.50 bits per heavy atom. The lowest BCUT2D eigenvalue weighted by Crippen LogP contribution is -2.36. The van der Waals surface area contributed by atoms with Crippen LogP contribution >= 0.6 is 0 Å². The van der Waals surface area contributed by atoms with E-state index in [4.69, 9.17) is 0 Å². The molecule has 1 heteroatoms. The molecule has 1 nitrogen and oxygen atoms in total. The van der Waals surface area contributed by atoms with Gasteiger partial charge in [-0.2, -0.15) is 0 Å². The smallest absolute Gasteiger partial charge is 0.00695 e. The Balaban J connectivity index is 2.04. The topological polar surface area (TPSA) is 12.0 Å².